The van der Waals surface area contributed by atoms with Crippen LogP contribution in [0.5, 0.6) is 0 Å². The van der Waals surface area contributed by atoms with Crippen LogP contribution in [0.1, 0.15) is 29.6 Å². The summed E-state index contributed by atoms with van der Waals surface area (Å²) < 4.78 is 8.27. The standard InChI is InChI=1S/C14H15N3O3S/c18-13(19)7-9-3-5-17(6-4-9)14(20)10-1-2-11-12(8-10)16-21-15-11/h1-2,8-9H,3-7H2,(H,18,19). The van der Waals surface area contributed by atoms with E-state index in [1.165, 1.54) is 0 Å². The summed E-state index contributed by atoms with van der Waals surface area (Å²) in [7, 11) is 0. The van der Waals surface area contributed by atoms with Gasteiger partial charge in [0, 0.05) is 25.1 Å². The van der Waals surface area contributed by atoms with Crippen LogP contribution >= 0.6 is 0 Å². The van der Waals surface area contributed by atoms with Gasteiger partial charge in [-0.05, 0) is 37.0 Å². The normalized spacial score (nSPS) is 17.4. The second-order valence-electron chi connectivity index (χ2n) is 5.30. The number of rotatable bonds is 3. The summed E-state index contributed by atoms with van der Waals surface area (Å²) in [6.07, 6.45) is 1.69. The highest BCUT2D eigenvalue weighted by molar-refractivity contribution is 7.58. The fraction of sp³-hybridized carbons (Fsp3) is 0.429. The number of benzene rings is 1. The number of piperidine rings is 1. The molecule has 2 aliphatic rings. The highest BCUT2D eigenvalue weighted by atomic mass is 32.1. The molecule has 0 saturated carbocycles. The molecule has 21 heavy (non-hydrogen) atoms. The van der Waals surface area contributed by atoms with E-state index in [2.05, 4.69) is 8.73 Å². The van der Waals surface area contributed by atoms with Gasteiger partial charge in [0.25, 0.3) is 5.91 Å². The zero-order chi connectivity index (χ0) is 14.8. The van der Waals surface area contributed by atoms with Gasteiger partial charge in [0.1, 0.15) is 11.4 Å². The lowest BCUT2D eigenvalue weighted by atomic mass is 9.93. The number of hydrogen-bond acceptors (Lipinski definition) is 4. The van der Waals surface area contributed by atoms with Crippen LogP contribution in [-0.2, 0) is 16.1 Å². The van der Waals surface area contributed by atoms with Gasteiger partial charge >= 0.3 is 5.97 Å². The van der Waals surface area contributed by atoms with Crippen molar-refractivity contribution in [3.63, 3.8) is 0 Å². The molecule has 0 aromatic heterocycles. The molecule has 1 aromatic rings. The Morgan fingerprint density at radius 3 is 2.67 bits per heavy atom. The molecule has 0 bridgehead atoms. The summed E-state index contributed by atoms with van der Waals surface area (Å²) in [6, 6.07) is 5.35. The first-order chi connectivity index (χ1) is 10.1. The average molecular weight is 305 g/mol. The average Bonchev–Trinajstić information content (AvgIpc) is 2.94. The third-order valence-corrected chi connectivity index (χ3v) is 4.42. The van der Waals surface area contributed by atoms with Crippen molar-refractivity contribution in [1.29, 1.82) is 0 Å². The van der Waals surface area contributed by atoms with Crippen LogP contribution < -0.4 is 0 Å². The van der Waals surface area contributed by atoms with Crippen molar-refractivity contribution in [2.45, 2.75) is 19.3 Å². The van der Waals surface area contributed by atoms with Crippen molar-refractivity contribution in [3.8, 4) is 0 Å². The maximum atomic E-state index is 12.5. The van der Waals surface area contributed by atoms with E-state index < -0.39 is 5.97 Å². The van der Waals surface area contributed by atoms with Crippen LogP contribution in [0.2, 0.25) is 0 Å². The molecule has 6 nitrogen and oxygen atoms in total. The largest absolute Gasteiger partial charge is 0.481 e. The summed E-state index contributed by atoms with van der Waals surface area (Å²) in [4.78, 5) is 25.0. The van der Waals surface area contributed by atoms with E-state index in [1.54, 1.807) is 17.0 Å². The van der Waals surface area contributed by atoms with Crippen molar-refractivity contribution < 1.29 is 14.7 Å². The number of likely N-dealkylation sites (tertiary alicyclic amines) is 1. The number of carboxylic acid groups (broad SMARTS) is 1. The molecule has 0 radical (unpaired) electrons. The maximum absolute atomic E-state index is 12.5. The maximum Gasteiger partial charge on any atom is 0.303 e. The van der Waals surface area contributed by atoms with Crippen LogP contribution in [-0.4, -0.2) is 35.0 Å². The molecule has 0 atom stereocenters. The van der Waals surface area contributed by atoms with E-state index >= 15 is 0 Å². The first-order valence-corrected chi connectivity index (χ1v) is 7.60. The highest BCUT2D eigenvalue weighted by Crippen LogP contribution is 2.32. The van der Waals surface area contributed by atoms with Crippen LogP contribution in [0.15, 0.2) is 26.9 Å². The van der Waals surface area contributed by atoms with Gasteiger partial charge in [0.05, 0.1) is 11.4 Å². The van der Waals surface area contributed by atoms with Crippen molar-refractivity contribution in [1.82, 2.24) is 4.90 Å². The predicted octanol–water partition coefficient (Wildman–Crippen LogP) is 2.74. The van der Waals surface area contributed by atoms with Crippen molar-refractivity contribution >= 4 is 34.6 Å². The van der Waals surface area contributed by atoms with Gasteiger partial charge < -0.3 is 10.0 Å². The number of nitrogens with zero attached hydrogens (tertiary/aromatic N) is 3. The smallest absolute Gasteiger partial charge is 0.303 e. The Bertz CT molecular complexity index is 659. The molecule has 0 unspecified atom stereocenters. The van der Waals surface area contributed by atoms with Crippen molar-refractivity contribution in [2.24, 2.45) is 14.6 Å². The lowest BCUT2D eigenvalue weighted by molar-refractivity contribution is -0.138. The van der Waals surface area contributed by atoms with E-state index in [0.29, 0.717) is 18.7 Å². The third kappa shape index (κ3) is 3.02. The Kier molecular flexibility index (Phi) is 3.83. The first-order valence-electron chi connectivity index (χ1n) is 6.87. The molecular weight excluding hydrogens is 290 g/mol. The molecule has 1 fully saturated rings. The van der Waals surface area contributed by atoms with E-state index in [1.807, 2.05) is 6.07 Å². The van der Waals surface area contributed by atoms with Gasteiger partial charge in [-0.25, -0.2) is 0 Å². The minimum absolute atomic E-state index is 0.0151. The summed E-state index contributed by atoms with van der Waals surface area (Å²) in [5.74, 6) is -0.600. The van der Waals surface area contributed by atoms with Gasteiger partial charge in [-0.3, -0.25) is 9.59 Å². The number of carboxylic acids is 1. The zero-order valence-electron chi connectivity index (χ0n) is 11.4. The Hall–Kier alpha value is -2.02. The summed E-state index contributed by atoms with van der Waals surface area (Å²) in [5, 5.41) is 8.81. The van der Waals surface area contributed by atoms with Crippen molar-refractivity contribution in [3.05, 3.63) is 23.8 Å². The number of amides is 1. The lowest BCUT2D eigenvalue weighted by Gasteiger charge is -2.31. The zero-order valence-corrected chi connectivity index (χ0v) is 12.2. The van der Waals surface area contributed by atoms with Gasteiger partial charge in [-0.1, -0.05) is 0 Å². The molecule has 1 saturated heterocycles. The number of aliphatic carboxylic acids is 1. The molecule has 7 heteroatoms. The molecule has 0 aliphatic carbocycles. The quantitative estimate of drug-likeness (QED) is 0.946. The van der Waals surface area contributed by atoms with Crippen LogP contribution in [0.3, 0.4) is 0 Å². The Labute approximate surface area is 125 Å². The molecule has 2 aliphatic heterocycles. The van der Waals surface area contributed by atoms with E-state index in [9.17, 15) is 9.59 Å². The molecule has 1 amide bonds. The lowest BCUT2D eigenvalue weighted by Crippen LogP contribution is -2.38. The number of fused-ring (bicyclic) bond motifs is 1. The first kappa shape index (κ1) is 13.9. The highest BCUT2D eigenvalue weighted by Gasteiger charge is 2.25. The number of hydrogen-bond donors (Lipinski definition) is 1. The number of carbonyl (C=O) groups excluding carboxylic acids is 1. The summed E-state index contributed by atoms with van der Waals surface area (Å²) in [6.45, 7) is 1.23. The van der Waals surface area contributed by atoms with E-state index in [4.69, 9.17) is 5.11 Å². The van der Waals surface area contributed by atoms with Gasteiger partial charge in [-0.2, -0.15) is 8.73 Å². The second kappa shape index (κ2) is 5.77. The molecular formula is C14H15N3O3S. The van der Waals surface area contributed by atoms with E-state index in [0.717, 1.165) is 35.6 Å². The predicted molar refractivity (Wildman–Crippen MR) is 78.9 cm³/mol. The second-order valence-corrected chi connectivity index (χ2v) is 5.83. The van der Waals surface area contributed by atoms with E-state index in [-0.39, 0.29) is 18.2 Å². The minimum Gasteiger partial charge on any atom is -0.481 e. The SMILES string of the molecule is O=C(O)CC1CCN(C(=O)c2ccc3c(c2)N=S=N3)CC1. The van der Waals surface area contributed by atoms with Crippen molar-refractivity contribution in [2.75, 3.05) is 13.1 Å². The minimum atomic E-state index is -0.763. The van der Waals surface area contributed by atoms with Crippen LogP contribution in [0.25, 0.3) is 0 Å². The molecule has 3 rings (SSSR count). The Morgan fingerprint density at radius 2 is 1.95 bits per heavy atom. The fourth-order valence-electron chi connectivity index (χ4n) is 2.68. The Balaban J connectivity index is 1.64. The molecule has 0 spiro atoms. The van der Waals surface area contributed by atoms with Gasteiger partial charge in [0.15, 0.2) is 0 Å². The molecule has 2 heterocycles. The molecule has 1 aromatic carbocycles. The molecule has 110 valence electrons. The topological polar surface area (TPSA) is 82.3 Å². The fourth-order valence-corrected chi connectivity index (χ4v) is 3.20. The van der Waals surface area contributed by atoms with Crippen LogP contribution in [0.4, 0.5) is 11.4 Å². The Morgan fingerprint density at radius 1 is 1.24 bits per heavy atom. The van der Waals surface area contributed by atoms with Crippen LogP contribution in [0, 0.1) is 5.92 Å². The summed E-state index contributed by atoms with van der Waals surface area (Å²) in [5.41, 5.74) is 2.16. The molecule has 1 N–H and O–H groups in total. The monoisotopic (exact) mass is 305 g/mol. The van der Waals surface area contributed by atoms with Gasteiger partial charge in [-0.15, -0.1) is 0 Å². The third-order valence-electron chi connectivity index (χ3n) is 3.87. The summed E-state index contributed by atoms with van der Waals surface area (Å²) >= 11 is 1.13. The number of carbonyl (C=O) groups is 2. The van der Waals surface area contributed by atoms with Gasteiger partial charge in [0.2, 0.25) is 0 Å².